The lowest BCUT2D eigenvalue weighted by molar-refractivity contribution is -0.265. The Labute approximate surface area is 226 Å². The van der Waals surface area contributed by atoms with E-state index in [4.69, 9.17) is 26.2 Å². The van der Waals surface area contributed by atoms with Crippen LogP contribution < -0.4 is 14.8 Å². The van der Waals surface area contributed by atoms with Crippen LogP contribution in [0.5, 0.6) is 11.5 Å². The van der Waals surface area contributed by atoms with Gasteiger partial charge in [-0.15, -0.1) is 0 Å². The van der Waals surface area contributed by atoms with Crippen LogP contribution in [0.4, 0.5) is 17.6 Å². The molecule has 1 unspecified atom stereocenters. The molecule has 0 fully saturated rings. The van der Waals surface area contributed by atoms with Crippen molar-refractivity contribution in [3.63, 3.8) is 0 Å². The van der Waals surface area contributed by atoms with E-state index in [1.54, 1.807) is 0 Å². The van der Waals surface area contributed by atoms with Crippen molar-refractivity contribution in [1.82, 2.24) is 10.3 Å². The summed E-state index contributed by atoms with van der Waals surface area (Å²) in [6, 6.07) is 9.06. The summed E-state index contributed by atoms with van der Waals surface area (Å²) in [7, 11) is 1.25. The summed E-state index contributed by atoms with van der Waals surface area (Å²) in [5.74, 6) is -2.85. The fourth-order valence-electron chi connectivity index (χ4n) is 3.24. The minimum absolute atomic E-state index is 0.0278. The lowest BCUT2D eigenvalue weighted by atomic mass is 9.96. The Hall–Kier alpha value is -3.42. The van der Waals surface area contributed by atoms with Crippen LogP contribution in [0.3, 0.4) is 0 Å². The van der Waals surface area contributed by atoms with Gasteiger partial charge in [0.25, 0.3) is 5.91 Å². The highest BCUT2D eigenvalue weighted by Crippen LogP contribution is 2.40. The fourth-order valence-corrected chi connectivity index (χ4v) is 3.91. The summed E-state index contributed by atoms with van der Waals surface area (Å²) in [6.45, 7) is -1.96. The Balaban J connectivity index is 1.92. The third-order valence-corrected chi connectivity index (χ3v) is 6.12. The van der Waals surface area contributed by atoms with Gasteiger partial charge in [-0.3, -0.25) is 4.79 Å². The summed E-state index contributed by atoms with van der Waals surface area (Å²) >= 11 is 8.89. The molecule has 3 N–H and O–H groups in total. The number of alkyl halides is 3. The number of amides is 1. The van der Waals surface area contributed by atoms with E-state index in [0.717, 1.165) is 24.3 Å². The van der Waals surface area contributed by atoms with Gasteiger partial charge in [-0.2, -0.15) is 13.2 Å². The highest BCUT2D eigenvalue weighted by atomic mass is 79.9. The molecule has 3 aromatic rings. The zero-order chi connectivity index (χ0) is 28.3. The number of pyridine rings is 1. The van der Waals surface area contributed by atoms with Gasteiger partial charge in [0.1, 0.15) is 23.0 Å². The Kier molecular flexibility index (Phi) is 8.85. The number of methoxy groups -OCH3 is 1. The third-order valence-electron chi connectivity index (χ3n) is 5.21. The van der Waals surface area contributed by atoms with Crippen molar-refractivity contribution < 1.29 is 46.8 Å². The minimum Gasteiger partial charge on any atom is -0.494 e. The number of ether oxygens (including phenoxy) is 2. The molecule has 0 bridgehead atoms. The van der Waals surface area contributed by atoms with Crippen molar-refractivity contribution in [2.75, 3.05) is 20.3 Å². The van der Waals surface area contributed by atoms with Crippen LogP contribution in [0, 0.1) is 5.82 Å². The van der Waals surface area contributed by atoms with E-state index in [0.29, 0.717) is 0 Å². The molecule has 2 aromatic carbocycles. The summed E-state index contributed by atoms with van der Waals surface area (Å²) in [5, 5.41) is 21.2. The molecule has 1 atom stereocenters. The monoisotopic (exact) mass is 620 g/mol. The van der Waals surface area contributed by atoms with E-state index in [2.05, 4.69) is 20.9 Å². The number of carbonyl (C=O) groups excluding carboxylic acids is 1. The Morgan fingerprint density at radius 2 is 1.79 bits per heavy atom. The number of nitrogens with zero attached hydrogens (tertiary/aromatic N) is 1. The van der Waals surface area contributed by atoms with Gasteiger partial charge in [-0.25, -0.2) is 14.2 Å². The van der Waals surface area contributed by atoms with Gasteiger partial charge in [-0.05, 0) is 64.5 Å². The third kappa shape index (κ3) is 6.34. The first-order valence-electron chi connectivity index (χ1n) is 10.5. The lowest BCUT2D eigenvalue weighted by Crippen LogP contribution is -2.51. The quantitative estimate of drug-likeness (QED) is 0.289. The maximum atomic E-state index is 14.1. The molecule has 1 heterocycles. The second-order valence-corrected chi connectivity index (χ2v) is 9.01. The molecule has 0 saturated carbocycles. The number of hydrogen-bond acceptors (Lipinski definition) is 6. The van der Waals surface area contributed by atoms with E-state index in [1.807, 2.05) is 5.32 Å². The molecule has 202 valence electrons. The first-order valence-corrected chi connectivity index (χ1v) is 11.7. The van der Waals surface area contributed by atoms with Gasteiger partial charge in [0.15, 0.2) is 6.61 Å². The van der Waals surface area contributed by atoms with Gasteiger partial charge in [0, 0.05) is 11.1 Å². The number of carboxylic acids is 1. The largest absolute Gasteiger partial charge is 0.494 e. The topological polar surface area (TPSA) is 118 Å². The van der Waals surface area contributed by atoms with Crippen LogP contribution in [0.25, 0.3) is 11.3 Å². The first-order chi connectivity index (χ1) is 17.8. The average Bonchev–Trinajstić information content (AvgIpc) is 2.86. The average molecular weight is 622 g/mol. The van der Waals surface area contributed by atoms with E-state index in [-0.39, 0.29) is 37.8 Å². The second kappa shape index (κ2) is 11.5. The molecule has 0 aliphatic heterocycles. The first kappa shape index (κ1) is 29.1. The predicted molar refractivity (Wildman–Crippen MR) is 131 cm³/mol. The molecule has 3 rings (SSSR count). The Morgan fingerprint density at radius 3 is 2.37 bits per heavy atom. The van der Waals surface area contributed by atoms with Crippen molar-refractivity contribution in [1.29, 1.82) is 0 Å². The van der Waals surface area contributed by atoms with Crippen LogP contribution in [0.2, 0.25) is 5.02 Å². The van der Waals surface area contributed by atoms with Gasteiger partial charge in [0.2, 0.25) is 5.60 Å². The number of rotatable bonds is 9. The van der Waals surface area contributed by atoms with E-state index in [1.165, 1.54) is 31.4 Å². The molecule has 1 amide bonds. The maximum absolute atomic E-state index is 14.1. The molecule has 0 saturated heterocycles. The molecule has 14 heteroatoms. The van der Waals surface area contributed by atoms with Crippen molar-refractivity contribution >= 4 is 39.4 Å². The number of benzene rings is 2. The summed E-state index contributed by atoms with van der Waals surface area (Å²) in [6.07, 6.45) is -5.28. The number of carbonyl (C=O) groups is 2. The summed E-state index contributed by atoms with van der Waals surface area (Å²) < 4.78 is 66.3. The number of hydrogen-bond donors (Lipinski definition) is 3. The molecular weight excluding hydrogens is 604 g/mol. The molecular formula is C24H18BrClF4N2O6. The summed E-state index contributed by atoms with van der Waals surface area (Å²) in [5.41, 5.74) is -4.62. The van der Waals surface area contributed by atoms with Crippen LogP contribution in [0.1, 0.15) is 16.1 Å². The highest BCUT2D eigenvalue weighted by Gasteiger charge is 2.56. The van der Waals surface area contributed by atoms with Crippen molar-refractivity contribution in [3.05, 3.63) is 75.1 Å². The fraction of sp³-hybridized carbons (Fsp3) is 0.208. The molecule has 1 aromatic heterocycles. The van der Waals surface area contributed by atoms with Gasteiger partial charge < -0.3 is 25.0 Å². The zero-order valence-corrected chi connectivity index (χ0v) is 21.6. The molecule has 0 aliphatic rings. The maximum Gasteiger partial charge on any atom is 0.424 e. The van der Waals surface area contributed by atoms with E-state index in [9.17, 15) is 32.3 Å². The zero-order valence-electron chi connectivity index (χ0n) is 19.3. The molecule has 38 heavy (non-hydrogen) atoms. The number of halogens is 6. The number of nitrogens with one attached hydrogen (secondary N) is 1. The molecule has 0 aliphatic carbocycles. The van der Waals surface area contributed by atoms with E-state index >= 15 is 0 Å². The molecule has 8 nitrogen and oxygen atoms in total. The van der Waals surface area contributed by atoms with Crippen molar-refractivity contribution in [3.8, 4) is 22.8 Å². The van der Waals surface area contributed by atoms with Crippen molar-refractivity contribution in [2.45, 2.75) is 11.8 Å². The molecule has 0 spiro atoms. The highest BCUT2D eigenvalue weighted by molar-refractivity contribution is 9.10. The van der Waals surface area contributed by atoms with Crippen LogP contribution in [-0.2, 0) is 10.4 Å². The summed E-state index contributed by atoms with van der Waals surface area (Å²) in [4.78, 5) is 27.2. The normalized spacial score (nSPS) is 12.9. The standard InChI is InChI=1S/C24H18BrClF4N2O6/c1-37-18-6-7-19(32-21(18)12-2-4-16(27)15(26)9-12)23(36,24(28,29)30)11-31-22(35)13-3-5-17(14(25)8-13)38-10-20(33)34/h2-9,36H,10-11H2,1H3,(H,31,35)(H,33,34). The predicted octanol–water partition coefficient (Wildman–Crippen LogP) is 4.96. The Bertz CT molecular complexity index is 1370. The number of aromatic nitrogens is 1. The number of carboxylic acid groups (broad SMARTS) is 1. The van der Waals surface area contributed by atoms with Gasteiger partial charge >= 0.3 is 12.1 Å². The number of aliphatic hydroxyl groups is 1. The SMILES string of the molecule is COc1ccc(C(O)(CNC(=O)c2ccc(OCC(=O)O)c(Br)c2)C(F)(F)F)nc1-c1ccc(F)c(Cl)c1. The van der Waals surface area contributed by atoms with E-state index < -0.39 is 48.3 Å². The lowest BCUT2D eigenvalue weighted by Gasteiger charge is -2.30. The Morgan fingerprint density at radius 1 is 1.11 bits per heavy atom. The van der Waals surface area contributed by atoms with Gasteiger partial charge in [-0.1, -0.05) is 11.6 Å². The van der Waals surface area contributed by atoms with Crippen LogP contribution in [-0.4, -0.2) is 53.5 Å². The van der Waals surface area contributed by atoms with Crippen LogP contribution >= 0.6 is 27.5 Å². The second-order valence-electron chi connectivity index (χ2n) is 7.74. The smallest absolute Gasteiger partial charge is 0.424 e. The van der Waals surface area contributed by atoms with Crippen molar-refractivity contribution in [2.24, 2.45) is 0 Å². The number of aliphatic carboxylic acids is 1. The molecule has 0 radical (unpaired) electrons. The van der Waals surface area contributed by atoms with Crippen LogP contribution in [0.15, 0.2) is 53.0 Å². The van der Waals surface area contributed by atoms with Gasteiger partial charge in [0.05, 0.1) is 28.8 Å². The minimum atomic E-state index is -5.28.